The number of hydrogen-bond donors (Lipinski definition) is 2. The highest BCUT2D eigenvalue weighted by Gasteiger charge is 2.32. The molecule has 1 aliphatic heterocycles. The maximum Gasteiger partial charge on any atom is 0.252 e. The standard InChI is InChI=1S/C16H27N3O3S2.ClH/c1-3-12-19(14-6-9-17-10-7-14)24(21,22)16-5-4-15(23-16)8-11-18-13(2)20;/h4-5,14,17H,3,6-12H2,1-2H3,(H,18,20);1H. The summed E-state index contributed by atoms with van der Waals surface area (Å²) in [6.07, 6.45) is 3.19. The van der Waals surface area contributed by atoms with E-state index in [2.05, 4.69) is 10.6 Å². The molecule has 2 heterocycles. The van der Waals surface area contributed by atoms with Crippen LogP contribution in [0.3, 0.4) is 0 Å². The van der Waals surface area contributed by atoms with Crippen molar-refractivity contribution in [3.05, 3.63) is 17.0 Å². The molecule has 1 amide bonds. The quantitative estimate of drug-likeness (QED) is 0.688. The third kappa shape index (κ3) is 6.21. The number of sulfonamides is 1. The maximum absolute atomic E-state index is 13.1. The Morgan fingerprint density at radius 2 is 2.04 bits per heavy atom. The molecule has 0 spiro atoms. The second-order valence-corrected chi connectivity index (χ2v) is 9.34. The van der Waals surface area contributed by atoms with Gasteiger partial charge < -0.3 is 10.6 Å². The van der Waals surface area contributed by atoms with Crippen LogP contribution in [-0.4, -0.2) is 50.9 Å². The summed E-state index contributed by atoms with van der Waals surface area (Å²) < 4.78 is 28.2. The Morgan fingerprint density at radius 3 is 2.64 bits per heavy atom. The van der Waals surface area contributed by atoms with Crippen LogP contribution >= 0.6 is 23.7 Å². The van der Waals surface area contributed by atoms with Gasteiger partial charge in [0, 0.05) is 30.9 Å². The highest BCUT2D eigenvalue weighted by molar-refractivity contribution is 7.91. The Hall–Kier alpha value is -0.670. The highest BCUT2D eigenvalue weighted by atomic mass is 35.5. The van der Waals surface area contributed by atoms with E-state index in [-0.39, 0.29) is 24.4 Å². The molecule has 1 saturated heterocycles. The molecule has 9 heteroatoms. The van der Waals surface area contributed by atoms with E-state index in [9.17, 15) is 13.2 Å². The fourth-order valence-electron chi connectivity index (χ4n) is 2.92. The molecule has 6 nitrogen and oxygen atoms in total. The molecule has 1 fully saturated rings. The normalized spacial score (nSPS) is 15.8. The van der Waals surface area contributed by atoms with Gasteiger partial charge >= 0.3 is 0 Å². The van der Waals surface area contributed by atoms with Crippen LogP contribution in [0.15, 0.2) is 16.3 Å². The Balaban J connectivity index is 0.00000312. The van der Waals surface area contributed by atoms with Gasteiger partial charge in [0.05, 0.1) is 0 Å². The van der Waals surface area contributed by atoms with E-state index in [1.165, 1.54) is 18.3 Å². The Morgan fingerprint density at radius 1 is 1.36 bits per heavy atom. The molecule has 1 aliphatic rings. The lowest BCUT2D eigenvalue weighted by atomic mass is 10.1. The molecule has 0 bridgehead atoms. The van der Waals surface area contributed by atoms with Crippen LogP contribution in [0.5, 0.6) is 0 Å². The minimum atomic E-state index is -3.45. The number of nitrogens with one attached hydrogen (secondary N) is 2. The smallest absolute Gasteiger partial charge is 0.252 e. The van der Waals surface area contributed by atoms with Crippen LogP contribution < -0.4 is 10.6 Å². The van der Waals surface area contributed by atoms with Crippen molar-refractivity contribution in [2.24, 2.45) is 0 Å². The largest absolute Gasteiger partial charge is 0.356 e. The number of halogens is 1. The first kappa shape index (κ1) is 22.4. The number of carbonyl (C=O) groups excluding carboxylic acids is 1. The van der Waals surface area contributed by atoms with Crippen molar-refractivity contribution in [1.29, 1.82) is 0 Å². The van der Waals surface area contributed by atoms with Gasteiger partial charge in [-0.2, -0.15) is 4.31 Å². The summed E-state index contributed by atoms with van der Waals surface area (Å²) in [6, 6.07) is 3.64. The number of rotatable bonds is 8. The second kappa shape index (κ2) is 10.5. The molecule has 0 aliphatic carbocycles. The van der Waals surface area contributed by atoms with Gasteiger partial charge in [0.1, 0.15) is 4.21 Å². The predicted molar refractivity (Wildman–Crippen MR) is 104 cm³/mol. The first-order chi connectivity index (χ1) is 11.4. The second-order valence-electron chi connectivity index (χ2n) is 6.05. The number of thiophene rings is 1. The van der Waals surface area contributed by atoms with Gasteiger partial charge in [-0.25, -0.2) is 8.42 Å². The molecule has 1 aromatic heterocycles. The van der Waals surface area contributed by atoms with Crippen LogP contribution in [0.2, 0.25) is 0 Å². The number of piperidine rings is 1. The average molecular weight is 410 g/mol. The molecule has 1 aromatic rings. The monoisotopic (exact) mass is 409 g/mol. The molecule has 2 N–H and O–H groups in total. The van der Waals surface area contributed by atoms with Crippen molar-refractivity contribution < 1.29 is 13.2 Å². The number of carbonyl (C=O) groups is 1. The van der Waals surface area contributed by atoms with Gasteiger partial charge in [-0.1, -0.05) is 6.92 Å². The van der Waals surface area contributed by atoms with E-state index in [0.29, 0.717) is 23.7 Å². The van der Waals surface area contributed by atoms with Gasteiger partial charge in [0.2, 0.25) is 5.91 Å². The van der Waals surface area contributed by atoms with E-state index < -0.39 is 10.0 Å². The molecule has 2 rings (SSSR count). The minimum Gasteiger partial charge on any atom is -0.356 e. The summed E-state index contributed by atoms with van der Waals surface area (Å²) in [4.78, 5) is 11.9. The van der Waals surface area contributed by atoms with E-state index in [0.717, 1.165) is 37.2 Å². The van der Waals surface area contributed by atoms with Crippen LogP contribution in [0.25, 0.3) is 0 Å². The van der Waals surface area contributed by atoms with Crippen LogP contribution in [0.1, 0.15) is 38.0 Å². The summed E-state index contributed by atoms with van der Waals surface area (Å²) >= 11 is 1.31. The van der Waals surface area contributed by atoms with Crippen LogP contribution in [0, 0.1) is 0 Å². The summed E-state index contributed by atoms with van der Waals surface area (Å²) in [5.74, 6) is -0.0700. The number of nitrogens with zero attached hydrogens (tertiary/aromatic N) is 1. The fourth-order valence-corrected chi connectivity index (χ4v) is 6.18. The van der Waals surface area contributed by atoms with E-state index in [4.69, 9.17) is 0 Å². The Kier molecular flexibility index (Phi) is 9.37. The van der Waals surface area contributed by atoms with E-state index in [1.807, 2.05) is 13.0 Å². The van der Waals surface area contributed by atoms with Gasteiger partial charge in [-0.3, -0.25) is 4.79 Å². The molecular formula is C16H28ClN3O3S2. The molecule has 0 unspecified atom stereocenters. The number of amides is 1. The Bertz CT molecular complexity index is 643. The lowest BCUT2D eigenvalue weighted by molar-refractivity contribution is -0.118. The predicted octanol–water partition coefficient (Wildman–Crippen LogP) is 2.00. The molecule has 0 atom stereocenters. The average Bonchev–Trinajstić information content (AvgIpc) is 3.02. The SMILES string of the molecule is CCCN(C1CCNCC1)S(=O)(=O)c1ccc(CCNC(C)=O)s1.Cl. The van der Waals surface area contributed by atoms with Gasteiger partial charge in [0.25, 0.3) is 10.0 Å². The van der Waals surface area contributed by atoms with Crippen LogP contribution in [0.4, 0.5) is 0 Å². The summed E-state index contributed by atoms with van der Waals surface area (Å²) in [6.45, 7) is 6.32. The first-order valence-corrected chi connectivity index (χ1v) is 10.8. The third-order valence-electron chi connectivity index (χ3n) is 4.11. The summed E-state index contributed by atoms with van der Waals surface area (Å²) in [7, 11) is -3.45. The summed E-state index contributed by atoms with van der Waals surface area (Å²) in [5, 5.41) is 6.02. The van der Waals surface area contributed by atoms with Crippen molar-refractivity contribution in [3.8, 4) is 0 Å². The Labute approximate surface area is 160 Å². The molecule has 0 aromatic carbocycles. The molecule has 0 radical (unpaired) electrons. The van der Waals surface area contributed by atoms with Crippen LogP contribution in [-0.2, 0) is 21.2 Å². The first-order valence-electron chi connectivity index (χ1n) is 8.51. The van der Waals surface area contributed by atoms with Gasteiger partial charge in [0.15, 0.2) is 0 Å². The zero-order valence-electron chi connectivity index (χ0n) is 14.8. The van der Waals surface area contributed by atoms with Crippen molar-refractivity contribution in [3.63, 3.8) is 0 Å². The van der Waals surface area contributed by atoms with E-state index >= 15 is 0 Å². The van der Waals surface area contributed by atoms with Crippen molar-refractivity contribution in [1.82, 2.24) is 14.9 Å². The zero-order valence-corrected chi connectivity index (χ0v) is 17.2. The molecule has 144 valence electrons. The zero-order chi connectivity index (χ0) is 17.6. The minimum absolute atomic E-state index is 0. The molecular weight excluding hydrogens is 382 g/mol. The van der Waals surface area contributed by atoms with Crippen molar-refractivity contribution in [2.75, 3.05) is 26.2 Å². The summed E-state index contributed by atoms with van der Waals surface area (Å²) in [5.41, 5.74) is 0. The topological polar surface area (TPSA) is 78.5 Å². The lowest BCUT2D eigenvalue weighted by Crippen LogP contribution is -2.46. The van der Waals surface area contributed by atoms with Crippen molar-refractivity contribution in [2.45, 2.75) is 49.8 Å². The van der Waals surface area contributed by atoms with E-state index in [1.54, 1.807) is 10.4 Å². The molecule has 25 heavy (non-hydrogen) atoms. The fraction of sp³-hybridized carbons (Fsp3) is 0.688. The lowest BCUT2D eigenvalue weighted by Gasteiger charge is -2.33. The number of hydrogen-bond acceptors (Lipinski definition) is 5. The highest BCUT2D eigenvalue weighted by Crippen LogP contribution is 2.28. The maximum atomic E-state index is 13.1. The van der Waals surface area contributed by atoms with Crippen molar-refractivity contribution >= 4 is 39.7 Å². The third-order valence-corrected chi connectivity index (χ3v) is 7.67. The van der Waals surface area contributed by atoms with Gasteiger partial charge in [-0.05, 0) is 50.9 Å². The molecule has 0 saturated carbocycles. The van der Waals surface area contributed by atoms with Gasteiger partial charge in [-0.15, -0.1) is 23.7 Å².